The summed E-state index contributed by atoms with van der Waals surface area (Å²) in [5, 5.41) is 14.8. The van der Waals surface area contributed by atoms with Gasteiger partial charge in [-0.1, -0.05) is 0 Å². The number of carbonyl (C=O) groups excluding carboxylic acids is 1. The van der Waals surface area contributed by atoms with E-state index >= 15 is 0 Å². The zero-order chi connectivity index (χ0) is 14.8. The molecule has 0 radical (unpaired) electrons. The quantitative estimate of drug-likeness (QED) is 0.842. The van der Waals surface area contributed by atoms with Gasteiger partial charge in [-0.15, -0.1) is 11.3 Å². The molecule has 1 amide bonds. The first-order valence-corrected chi connectivity index (χ1v) is 8.23. The van der Waals surface area contributed by atoms with E-state index in [0.717, 1.165) is 24.5 Å². The molecule has 0 aliphatic carbocycles. The second kappa shape index (κ2) is 6.39. The fraction of sp³-hybridized carbons (Fsp3) is 0.714. The SMILES string of the molecule is Cc1nc(C(=O)N[C@H]2C[C@H]3CO[C@@H](CCO)CN3C2)cs1. The number of nitrogens with zero attached hydrogens (tertiary/aromatic N) is 2. The highest BCUT2D eigenvalue weighted by Gasteiger charge is 2.37. The smallest absolute Gasteiger partial charge is 0.271 e. The third kappa shape index (κ3) is 3.42. The lowest BCUT2D eigenvalue weighted by Gasteiger charge is -2.34. The number of amides is 1. The molecule has 1 aromatic rings. The summed E-state index contributed by atoms with van der Waals surface area (Å²) in [6, 6.07) is 0.531. The molecule has 0 bridgehead atoms. The molecule has 2 fully saturated rings. The maximum Gasteiger partial charge on any atom is 0.271 e. The van der Waals surface area contributed by atoms with Gasteiger partial charge >= 0.3 is 0 Å². The van der Waals surface area contributed by atoms with E-state index in [1.165, 1.54) is 11.3 Å². The van der Waals surface area contributed by atoms with Gasteiger partial charge in [0.05, 0.1) is 17.7 Å². The van der Waals surface area contributed by atoms with Crippen LogP contribution in [0.15, 0.2) is 5.38 Å². The summed E-state index contributed by atoms with van der Waals surface area (Å²) in [5.74, 6) is -0.0861. The van der Waals surface area contributed by atoms with Gasteiger partial charge in [-0.3, -0.25) is 9.69 Å². The second-order valence-electron chi connectivity index (χ2n) is 5.73. The largest absolute Gasteiger partial charge is 0.396 e. The van der Waals surface area contributed by atoms with Gasteiger partial charge in [-0.2, -0.15) is 0 Å². The van der Waals surface area contributed by atoms with Crippen LogP contribution >= 0.6 is 11.3 Å². The number of carbonyl (C=O) groups is 1. The van der Waals surface area contributed by atoms with Crippen LogP contribution in [0.4, 0.5) is 0 Å². The molecule has 1 aromatic heterocycles. The Bertz CT molecular complexity index is 507. The first-order valence-electron chi connectivity index (χ1n) is 7.35. The molecule has 116 valence electrons. The fourth-order valence-corrected chi connectivity index (χ4v) is 3.69. The zero-order valence-corrected chi connectivity index (χ0v) is 12.9. The molecule has 3 heterocycles. The average Bonchev–Trinajstić information content (AvgIpc) is 3.04. The van der Waals surface area contributed by atoms with E-state index in [2.05, 4.69) is 15.2 Å². The summed E-state index contributed by atoms with van der Waals surface area (Å²) in [7, 11) is 0. The van der Waals surface area contributed by atoms with Crippen LogP contribution in [-0.2, 0) is 4.74 Å². The summed E-state index contributed by atoms with van der Waals surface area (Å²) in [5.41, 5.74) is 0.511. The van der Waals surface area contributed by atoms with Crippen LogP contribution in [-0.4, -0.2) is 65.4 Å². The van der Waals surface area contributed by atoms with Gasteiger partial charge < -0.3 is 15.2 Å². The van der Waals surface area contributed by atoms with Crippen molar-refractivity contribution >= 4 is 17.2 Å². The number of morpholine rings is 1. The summed E-state index contributed by atoms with van der Waals surface area (Å²) in [6.07, 6.45) is 1.71. The van der Waals surface area contributed by atoms with E-state index in [1.807, 2.05) is 6.92 Å². The van der Waals surface area contributed by atoms with Crippen molar-refractivity contribution in [2.24, 2.45) is 0 Å². The molecular weight excluding hydrogens is 290 g/mol. The Kier molecular flexibility index (Phi) is 4.54. The number of thiazole rings is 1. The maximum absolute atomic E-state index is 12.1. The molecule has 2 N–H and O–H groups in total. The number of fused-ring (bicyclic) bond motifs is 1. The normalized spacial score (nSPS) is 29.3. The molecule has 2 aliphatic rings. The van der Waals surface area contributed by atoms with Crippen LogP contribution < -0.4 is 5.32 Å². The van der Waals surface area contributed by atoms with E-state index < -0.39 is 0 Å². The van der Waals surface area contributed by atoms with Crippen molar-refractivity contribution in [3.8, 4) is 0 Å². The van der Waals surface area contributed by atoms with Crippen LogP contribution in [0.3, 0.4) is 0 Å². The maximum atomic E-state index is 12.1. The number of hydrogen-bond acceptors (Lipinski definition) is 6. The number of aliphatic hydroxyl groups excluding tert-OH is 1. The lowest BCUT2D eigenvalue weighted by atomic mass is 10.1. The van der Waals surface area contributed by atoms with Crippen molar-refractivity contribution in [3.05, 3.63) is 16.1 Å². The zero-order valence-electron chi connectivity index (χ0n) is 12.1. The number of nitrogens with one attached hydrogen (secondary N) is 1. The molecule has 0 spiro atoms. The fourth-order valence-electron chi connectivity index (χ4n) is 3.09. The average molecular weight is 311 g/mol. The molecule has 0 unspecified atom stereocenters. The van der Waals surface area contributed by atoms with E-state index in [1.54, 1.807) is 5.38 Å². The summed E-state index contributed by atoms with van der Waals surface area (Å²) >= 11 is 1.49. The van der Waals surface area contributed by atoms with E-state index in [4.69, 9.17) is 9.84 Å². The lowest BCUT2D eigenvalue weighted by Crippen LogP contribution is -2.46. The molecule has 6 nitrogen and oxygen atoms in total. The number of hydrogen-bond donors (Lipinski definition) is 2. The highest BCUT2D eigenvalue weighted by Crippen LogP contribution is 2.24. The topological polar surface area (TPSA) is 74.7 Å². The summed E-state index contributed by atoms with van der Waals surface area (Å²) in [6.45, 7) is 4.44. The van der Waals surface area contributed by atoms with Crippen molar-refractivity contribution in [2.45, 2.75) is 38.0 Å². The van der Waals surface area contributed by atoms with Crippen LogP contribution in [0.25, 0.3) is 0 Å². The Hall–Kier alpha value is -1.02. The summed E-state index contributed by atoms with van der Waals surface area (Å²) < 4.78 is 5.75. The molecule has 3 atom stereocenters. The Morgan fingerprint density at radius 2 is 2.48 bits per heavy atom. The van der Waals surface area contributed by atoms with Crippen molar-refractivity contribution in [2.75, 3.05) is 26.3 Å². The Morgan fingerprint density at radius 1 is 1.62 bits per heavy atom. The third-order valence-electron chi connectivity index (χ3n) is 4.13. The number of aliphatic hydroxyl groups is 1. The number of ether oxygens (including phenoxy) is 1. The van der Waals surface area contributed by atoms with E-state index in [9.17, 15) is 4.79 Å². The Labute approximate surface area is 128 Å². The van der Waals surface area contributed by atoms with Gasteiger partial charge in [0.1, 0.15) is 5.69 Å². The Balaban J connectivity index is 1.54. The van der Waals surface area contributed by atoms with Gasteiger partial charge in [0, 0.05) is 37.2 Å². The van der Waals surface area contributed by atoms with Gasteiger partial charge in [0.15, 0.2) is 0 Å². The van der Waals surface area contributed by atoms with E-state index in [-0.39, 0.29) is 24.7 Å². The standard InChI is InChI=1S/C14H21N3O3S/c1-9-15-13(8-21-9)14(19)16-10-4-11-7-20-12(2-3-18)6-17(11)5-10/h8,10-12,18H,2-7H2,1H3,(H,16,19)/t10-,11-,12-/m0/s1. The van der Waals surface area contributed by atoms with Gasteiger partial charge in [-0.25, -0.2) is 4.98 Å². The van der Waals surface area contributed by atoms with Gasteiger partial charge in [0.25, 0.3) is 5.91 Å². The molecule has 0 aromatic carbocycles. The minimum atomic E-state index is -0.0861. The van der Waals surface area contributed by atoms with Crippen molar-refractivity contribution in [1.82, 2.24) is 15.2 Å². The number of aryl methyl sites for hydroxylation is 1. The highest BCUT2D eigenvalue weighted by molar-refractivity contribution is 7.09. The predicted molar refractivity (Wildman–Crippen MR) is 79.5 cm³/mol. The monoisotopic (exact) mass is 311 g/mol. The molecule has 21 heavy (non-hydrogen) atoms. The molecule has 2 aliphatic heterocycles. The first-order chi connectivity index (χ1) is 10.2. The molecular formula is C14H21N3O3S. The van der Waals surface area contributed by atoms with Crippen LogP contribution in [0, 0.1) is 6.92 Å². The lowest BCUT2D eigenvalue weighted by molar-refractivity contribution is -0.0566. The van der Waals surface area contributed by atoms with Gasteiger partial charge in [0.2, 0.25) is 0 Å². The van der Waals surface area contributed by atoms with Gasteiger partial charge in [-0.05, 0) is 19.8 Å². The molecule has 7 heteroatoms. The van der Waals surface area contributed by atoms with E-state index in [0.29, 0.717) is 24.8 Å². The predicted octanol–water partition coefficient (Wildman–Crippen LogP) is 0.405. The second-order valence-corrected chi connectivity index (χ2v) is 6.80. The minimum Gasteiger partial charge on any atom is -0.396 e. The first kappa shape index (κ1) is 14.9. The van der Waals surface area contributed by atoms with Crippen molar-refractivity contribution in [3.63, 3.8) is 0 Å². The molecule has 0 saturated carbocycles. The van der Waals surface area contributed by atoms with Crippen LogP contribution in [0.2, 0.25) is 0 Å². The number of aromatic nitrogens is 1. The highest BCUT2D eigenvalue weighted by atomic mass is 32.1. The van der Waals surface area contributed by atoms with Crippen LogP contribution in [0.5, 0.6) is 0 Å². The number of rotatable bonds is 4. The summed E-state index contributed by atoms with van der Waals surface area (Å²) in [4.78, 5) is 18.7. The minimum absolute atomic E-state index is 0.0861. The van der Waals surface area contributed by atoms with Crippen LogP contribution in [0.1, 0.15) is 28.3 Å². The van der Waals surface area contributed by atoms with Crippen molar-refractivity contribution < 1.29 is 14.6 Å². The molecule has 3 rings (SSSR count). The third-order valence-corrected chi connectivity index (χ3v) is 4.90. The van der Waals surface area contributed by atoms with Crippen molar-refractivity contribution in [1.29, 1.82) is 0 Å². The molecule has 2 saturated heterocycles. The Morgan fingerprint density at radius 3 is 3.19 bits per heavy atom.